The van der Waals surface area contributed by atoms with Gasteiger partial charge in [0, 0.05) is 10.6 Å². The lowest BCUT2D eigenvalue weighted by atomic mass is 10.0. The summed E-state index contributed by atoms with van der Waals surface area (Å²) < 4.78 is 6.10. The number of carboxylic acid groups (broad SMARTS) is 1. The number of nitrogens with zero attached hydrogens (tertiary/aromatic N) is 1. The zero-order valence-corrected chi connectivity index (χ0v) is 20.3. The molecule has 1 aliphatic rings. The van der Waals surface area contributed by atoms with Crippen molar-refractivity contribution >= 4 is 63.0 Å². The molecule has 0 spiro atoms. The quantitative estimate of drug-likeness (QED) is 0.278. The molecule has 1 fully saturated rings. The number of benzene rings is 4. The summed E-state index contributed by atoms with van der Waals surface area (Å²) in [5.74, 6) is -0.878. The van der Waals surface area contributed by atoms with Crippen molar-refractivity contribution in [2.75, 3.05) is 4.90 Å². The Morgan fingerprint density at radius 1 is 0.944 bits per heavy atom. The van der Waals surface area contributed by atoms with E-state index in [1.54, 1.807) is 42.5 Å². The van der Waals surface area contributed by atoms with Gasteiger partial charge in [0.2, 0.25) is 0 Å². The van der Waals surface area contributed by atoms with Crippen LogP contribution in [-0.2, 0) is 11.4 Å². The SMILES string of the molecule is O=C(O)c1ccc(COc2ccc3ccccc3c2/C=C2/SC(=O)N(c3ccc(Cl)cc3)C2=O)cc1. The lowest BCUT2D eigenvalue weighted by molar-refractivity contribution is -0.113. The number of fused-ring (bicyclic) bond motifs is 1. The Morgan fingerprint density at radius 3 is 2.39 bits per heavy atom. The van der Waals surface area contributed by atoms with E-state index >= 15 is 0 Å². The number of carboxylic acids is 1. The molecule has 0 atom stereocenters. The Hall–Kier alpha value is -4.07. The molecule has 178 valence electrons. The summed E-state index contributed by atoms with van der Waals surface area (Å²) in [5.41, 5.74) is 2.12. The molecular weight excluding hydrogens is 498 g/mol. The van der Waals surface area contributed by atoms with Gasteiger partial charge in [-0.05, 0) is 76.6 Å². The average Bonchev–Trinajstić information content (AvgIpc) is 3.16. The van der Waals surface area contributed by atoms with Crippen molar-refractivity contribution < 1.29 is 24.2 Å². The van der Waals surface area contributed by atoms with Gasteiger partial charge >= 0.3 is 5.97 Å². The summed E-state index contributed by atoms with van der Waals surface area (Å²) >= 11 is 6.82. The van der Waals surface area contributed by atoms with E-state index < -0.39 is 17.1 Å². The topological polar surface area (TPSA) is 83.9 Å². The first-order chi connectivity index (χ1) is 17.4. The third-order valence-electron chi connectivity index (χ3n) is 5.68. The van der Waals surface area contributed by atoms with E-state index in [4.69, 9.17) is 21.4 Å². The molecule has 36 heavy (non-hydrogen) atoms. The molecule has 5 rings (SSSR count). The predicted octanol–water partition coefficient (Wildman–Crippen LogP) is 7.01. The van der Waals surface area contributed by atoms with Gasteiger partial charge in [-0.15, -0.1) is 0 Å². The zero-order valence-electron chi connectivity index (χ0n) is 18.7. The van der Waals surface area contributed by atoms with Crippen molar-refractivity contribution in [1.29, 1.82) is 0 Å². The van der Waals surface area contributed by atoms with E-state index in [0.717, 1.165) is 33.0 Å². The molecule has 0 saturated carbocycles. The third-order valence-corrected chi connectivity index (χ3v) is 6.80. The van der Waals surface area contributed by atoms with Crippen LogP contribution < -0.4 is 9.64 Å². The average molecular weight is 516 g/mol. The van der Waals surface area contributed by atoms with Gasteiger partial charge in [-0.2, -0.15) is 0 Å². The highest BCUT2D eigenvalue weighted by molar-refractivity contribution is 8.19. The number of aromatic carboxylic acids is 1. The maximum atomic E-state index is 13.2. The Bertz CT molecular complexity index is 1530. The number of anilines is 1. The smallest absolute Gasteiger partial charge is 0.335 e. The molecule has 1 aliphatic heterocycles. The van der Waals surface area contributed by atoms with Gasteiger partial charge in [0.15, 0.2) is 0 Å². The van der Waals surface area contributed by atoms with Crippen LogP contribution in [0, 0.1) is 0 Å². The van der Waals surface area contributed by atoms with Crippen LogP contribution in [0.3, 0.4) is 0 Å². The van der Waals surface area contributed by atoms with Gasteiger partial charge in [0.1, 0.15) is 12.4 Å². The van der Waals surface area contributed by atoms with E-state index in [1.807, 2.05) is 36.4 Å². The van der Waals surface area contributed by atoms with Crippen LogP contribution in [0.1, 0.15) is 21.5 Å². The number of carbonyl (C=O) groups is 3. The fraction of sp³-hybridized carbons (Fsp3) is 0.0357. The van der Waals surface area contributed by atoms with E-state index in [0.29, 0.717) is 22.0 Å². The summed E-state index contributed by atoms with van der Waals surface area (Å²) in [6, 6.07) is 24.4. The van der Waals surface area contributed by atoms with E-state index in [1.165, 1.54) is 12.1 Å². The minimum Gasteiger partial charge on any atom is -0.488 e. The van der Waals surface area contributed by atoms with Crippen LogP contribution in [0.15, 0.2) is 89.8 Å². The molecular formula is C28H18ClNO5S. The first-order valence-electron chi connectivity index (χ1n) is 10.9. The Balaban J connectivity index is 1.49. The predicted molar refractivity (Wildman–Crippen MR) is 142 cm³/mol. The molecule has 6 nitrogen and oxygen atoms in total. The van der Waals surface area contributed by atoms with Crippen LogP contribution in [0.5, 0.6) is 5.75 Å². The number of amides is 2. The third kappa shape index (κ3) is 4.71. The van der Waals surface area contributed by atoms with Crippen LogP contribution in [0.25, 0.3) is 16.8 Å². The van der Waals surface area contributed by atoms with Crippen molar-refractivity contribution in [1.82, 2.24) is 0 Å². The lowest BCUT2D eigenvalue weighted by Gasteiger charge is -2.14. The molecule has 4 aromatic carbocycles. The Kier molecular flexibility index (Phi) is 6.50. The summed E-state index contributed by atoms with van der Waals surface area (Å²) in [7, 11) is 0. The largest absolute Gasteiger partial charge is 0.488 e. The molecule has 8 heteroatoms. The standard InChI is InChI=1S/C28H18ClNO5S/c29-20-10-12-21(13-11-20)30-26(31)25(36-28(30)34)15-23-22-4-2-1-3-18(22)9-14-24(23)35-16-17-5-7-19(8-6-17)27(32)33/h1-15H,16H2,(H,32,33)/b25-15+. The highest BCUT2D eigenvalue weighted by atomic mass is 35.5. The van der Waals surface area contributed by atoms with Crippen molar-refractivity contribution in [2.24, 2.45) is 0 Å². The maximum absolute atomic E-state index is 13.2. The van der Waals surface area contributed by atoms with E-state index in [2.05, 4.69) is 0 Å². The van der Waals surface area contributed by atoms with Crippen molar-refractivity contribution in [3.63, 3.8) is 0 Å². The van der Waals surface area contributed by atoms with Gasteiger partial charge in [0.05, 0.1) is 16.2 Å². The van der Waals surface area contributed by atoms with Gasteiger partial charge in [-0.3, -0.25) is 9.59 Å². The Morgan fingerprint density at radius 2 is 1.67 bits per heavy atom. The first-order valence-corrected chi connectivity index (χ1v) is 12.1. The Labute approximate surface area is 215 Å². The molecule has 2 amide bonds. The van der Waals surface area contributed by atoms with Gasteiger partial charge in [-0.25, -0.2) is 9.69 Å². The number of hydrogen-bond donors (Lipinski definition) is 1. The summed E-state index contributed by atoms with van der Waals surface area (Å²) in [6.45, 7) is 0.200. The van der Waals surface area contributed by atoms with Crippen molar-refractivity contribution in [3.05, 3.63) is 112 Å². The minimum absolute atomic E-state index is 0.196. The van der Waals surface area contributed by atoms with Crippen LogP contribution in [-0.4, -0.2) is 22.2 Å². The molecule has 0 bridgehead atoms. The van der Waals surface area contributed by atoms with E-state index in [9.17, 15) is 14.4 Å². The first kappa shape index (κ1) is 23.7. The normalized spacial score (nSPS) is 14.6. The molecule has 1 N–H and O–H groups in total. The summed E-state index contributed by atoms with van der Waals surface area (Å²) in [5, 5.41) is 11.0. The van der Waals surface area contributed by atoms with Crippen molar-refractivity contribution in [3.8, 4) is 5.75 Å². The molecule has 0 radical (unpaired) electrons. The van der Waals surface area contributed by atoms with Crippen LogP contribution >= 0.6 is 23.4 Å². The van der Waals surface area contributed by atoms with Crippen LogP contribution in [0.2, 0.25) is 5.02 Å². The van der Waals surface area contributed by atoms with E-state index in [-0.39, 0.29) is 17.1 Å². The number of halogens is 1. The molecule has 4 aromatic rings. The maximum Gasteiger partial charge on any atom is 0.335 e. The van der Waals surface area contributed by atoms with Crippen LogP contribution in [0.4, 0.5) is 10.5 Å². The highest BCUT2D eigenvalue weighted by Crippen LogP contribution is 2.39. The second-order valence-corrected chi connectivity index (χ2v) is 9.41. The number of ether oxygens (including phenoxy) is 1. The highest BCUT2D eigenvalue weighted by Gasteiger charge is 2.36. The second-order valence-electron chi connectivity index (χ2n) is 7.98. The number of imide groups is 1. The fourth-order valence-corrected chi connectivity index (χ4v) is 4.82. The molecule has 0 aliphatic carbocycles. The lowest BCUT2D eigenvalue weighted by Crippen LogP contribution is -2.27. The molecule has 0 unspecified atom stereocenters. The number of thioether (sulfide) groups is 1. The molecule has 0 aromatic heterocycles. The minimum atomic E-state index is -0.994. The molecule has 1 saturated heterocycles. The molecule has 1 heterocycles. The monoisotopic (exact) mass is 515 g/mol. The number of carbonyl (C=O) groups excluding carboxylic acids is 2. The fourth-order valence-electron chi connectivity index (χ4n) is 3.87. The summed E-state index contributed by atoms with van der Waals surface area (Å²) in [4.78, 5) is 38.5. The second kappa shape index (κ2) is 9.89. The van der Waals surface area contributed by atoms with Crippen molar-refractivity contribution in [2.45, 2.75) is 6.61 Å². The number of hydrogen-bond acceptors (Lipinski definition) is 5. The zero-order chi connectivity index (χ0) is 25.2. The summed E-state index contributed by atoms with van der Waals surface area (Å²) in [6.07, 6.45) is 1.69. The van der Waals surface area contributed by atoms with Gasteiger partial charge in [-0.1, -0.05) is 54.1 Å². The van der Waals surface area contributed by atoms with Gasteiger partial charge < -0.3 is 9.84 Å². The number of rotatable bonds is 6. The van der Waals surface area contributed by atoms with Gasteiger partial charge in [0.25, 0.3) is 11.1 Å².